The summed E-state index contributed by atoms with van der Waals surface area (Å²) in [6.45, 7) is 1.97. The highest BCUT2D eigenvalue weighted by Crippen LogP contribution is 2.16. The maximum Gasteiger partial charge on any atom is 0.271 e. The maximum atomic E-state index is 11.9. The maximum absolute atomic E-state index is 11.9. The topological polar surface area (TPSA) is 84.6 Å². The number of halogens is 1. The Morgan fingerprint density at radius 1 is 1.32 bits per heavy atom. The van der Waals surface area contributed by atoms with Gasteiger partial charge in [-0.15, -0.1) is 0 Å². The molecule has 0 aliphatic carbocycles. The van der Waals surface area contributed by atoms with E-state index in [2.05, 4.69) is 26.5 Å². The van der Waals surface area contributed by atoms with Gasteiger partial charge in [0, 0.05) is 22.2 Å². The van der Waals surface area contributed by atoms with Crippen molar-refractivity contribution in [2.45, 2.75) is 6.92 Å². The molecule has 0 atom stereocenters. The van der Waals surface area contributed by atoms with E-state index in [1.54, 1.807) is 0 Å². The zero-order valence-electron chi connectivity index (χ0n) is 11.6. The molecule has 2 aromatic rings. The molecule has 0 fully saturated rings. The van der Waals surface area contributed by atoms with E-state index < -0.39 is 10.8 Å². The summed E-state index contributed by atoms with van der Waals surface area (Å²) < 4.78 is 0.946. The second kappa shape index (κ2) is 6.95. The lowest BCUT2D eigenvalue weighted by Gasteiger charge is -2.01. The van der Waals surface area contributed by atoms with Crippen LogP contribution < -0.4 is 5.43 Å². The fourth-order valence-electron chi connectivity index (χ4n) is 1.68. The summed E-state index contributed by atoms with van der Waals surface area (Å²) in [4.78, 5) is 22.0. The van der Waals surface area contributed by atoms with Crippen LogP contribution in [0.15, 0.2) is 52.0 Å². The highest BCUT2D eigenvalue weighted by Gasteiger charge is 2.10. The molecule has 1 amide bonds. The SMILES string of the molecule is Cc1ccc(/C=N/NC(=O)c2cccc([N+](=O)[O-])c2)cc1Br. The molecule has 0 aliphatic rings. The Kier molecular flexibility index (Phi) is 5.00. The number of amides is 1. The van der Waals surface area contributed by atoms with Gasteiger partial charge in [0.05, 0.1) is 11.1 Å². The molecule has 1 N–H and O–H groups in total. The van der Waals surface area contributed by atoms with Crippen LogP contribution in [-0.4, -0.2) is 17.0 Å². The molecule has 0 spiro atoms. The van der Waals surface area contributed by atoms with Crippen molar-refractivity contribution >= 4 is 33.7 Å². The van der Waals surface area contributed by atoms with E-state index in [0.717, 1.165) is 15.6 Å². The molecular weight excluding hydrogens is 350 g/mol. The number of aryl methyl sites for hydroxylation is 1. The Morgan fingerprint density at radius 2 is 2.09 bits per heavy atom. The Bertz CT molecular complexity index is 759. The van der Waals surface area contributed by atoms with Crippen molar-refractivity contribution in [1.82, 2.24) is 5.43 Å². The zero-order valence-corrected chi connectivity index (χ0v) is 13.2. The van der Waals surface area contributed by atoms with Gasteiger partial charge in [-0.2, -0.15) is 5.10 Å². The number of nitrogens with one attached hydrogen (secondary N) is 1. The molecule has 0 saturated carbocycles. The lowest BCUT2D eigenvalue weighted by atomic mass is 10.2. The monoisotopic (exact) mass is 361 g/mol. The first-order valence-electron chi connectivity index (χ1n) is 6.31. The number of benzene rings is 2. The number of hydrazone groups is 1. The Balaban J connectivity index is 2.06. The Morgan fingerprint density at radius 3 is 2.77 bits per heavy atom. The van der Waals surface area contributed by atoms with Crippen molar-refractivity contribution in [3.63, 3.8) is 0 Å². The molecule has 112 valence electrons. The number of nitro groups is 1. The van der Waals surface area contributed by atoms with Crippen LogP contribution in [0.1, 0.15) is 21.5 Å². The molecule has 7 heteroatoms. The normalized spacial score (nSPS) is 10.6. The Labute approximate surface area is 135 Å². The van der Waals surface area contributed by atoms with Crippen molar-refractivity contribution in [3.05, 3.63) is 73.7 Å². The van der Waals surface area contributed by atoms with Crippen molar-refractivity contribution in [2.75, 3.05) is 0 Å². The summed E-state index contributed by atoms with van der Waals surface area (Å²) in [5, 5.41) is 14.5. The van der Waals surface area contributed by atoms with Gasteiger partial charge in [-0.1, -0.05) is 34.1 Å². The second-order valence-corrected chi connectivity index (χ2v) is 5.37. The van der Waals surface area contributed by atoms with Crippen molar-refractivity contribution in [1.29, 1.82) is 0 Å². The number of carbonyl (C=O) groups excluding carboxylic acids is 1. The first-order chi connectivity index (χ1) is 10.5. The lowest BCUT2D eigenvalue weighted by molar-refractivity contribution is -0.384. The Hall–Kier alpha value is -2.54. The first kappa shape index (κ1) is 15.8. The van der Waals surface area contributed by atoms with Gasteiger partial charge in [-0.05, 0) is 30.2 Å². The van der Waals surface area contributed by atoms with Gasteiger partial charge in [0.1, 0.15) is 0 Å². The molecule has 6 nitrogen and oxygen atoms in total. The van der Waals surface area contributed by atoms with Crippen LogP contribution in [-0.2, 0) is 0 Å². The van der Waals surface area contributed by atoms with Crippen LogP contribution in [0.2, 0.25) is 0 Å². The number of nitro benzene ring substituents is 1. The average molecular weight is 362 g/mol. The van der Waals surface area contributed by atoms with Crippen molar-refractivity contribution in [2.24, 2.45) is 5.10 Å². The van der Waals surface area contributed by atoms with Crippen LogP contribution in [0.4, 0.5) is 5.69 Å². The third-order valence-electron chi connectivity index (χ3n) is 2.89. The van der Waals surface area contributed by atoms with E-state index in [1.165, 1.54) is 30.5 Å². The van der Waals surface area contributed by atoms with Gasteiger partial charge >= 0.3 is 0 Å². The van der Waals surface area contributed by atoms with Gasteiger partial charge in [0.15, 0.2) is 0 Å². The van der Waals surface area contributed by atoms with E-state index >= 15 is 0 Å². The highest BCUT2D eigenvalue weighted by atomic mass is 79.9. The van der Waals surface area contributed by atoms with Gasteiger partial charge in [-0.25, -0.2) is 5.43 Å². The number of hydrogen-bond acceptors (Lipinski definition) is 4. The first-order valence-corrected chi connectivity index (χ1v) is 7.10. The predicted octanol–water partition coefficient (Wildman–Crippen LogP) is 3.43. The molecule has 22 heavy (non-hydrogen) atoms. The van der Waals surface area contributed by atoms with Crippen LogP contribution in [0.25, 0.3) is 0 Å². The third-order valence-corrected chi connectivity index (χ3v) is 3.75. The molecule has 0 aromatic heterocycles. The summed E-state index contributed by atoms with van der Waals surface area (Å²) >= 11 is 3.41. The summed E-state index contributed by atoms with van der Waals surface area (Å²) in [5.74, 6) is -0.508. The van der Waals surface area contributed by atoms with Gasteiger partial charge in [0.2, 0.25) is 0 Å². The second-order valence-electron chi connectivity index (χ2n) is 4.52. The summed E-state index contributed by atoms with van der Waals surface area (Å²) in [6.07, 6.45) is 1.50. The molecule has 0 aliphatic heterocycles. The van der Waals surface area contributed by atoms with Crippen LogP contribution >= 0.6 is 15.9 Å². The molecule has 0 bridgehead atoms. The van der Waals surface area contributed by atoms with Gasteiger partial charge < -0.3 is 0 Å². The smallest absolute Gasteiger partial charge is 0.267 e. The molecular formula is C15H12BrN3O3. The number of rotatable bonds is 4. The minimum atomic E-state index is -0.552. The van der Waals surface area contributed by atoms with Crippen molar-refractivity contribution < 1.29 is 9.72 Å². The minimum absolute atomic E-state index is 0.140. The van der Waals surface area contributed by atoms with Crippen molar-refractivity contribution in [3.8, 4) is 0 Å². The quantitative estimate of drug-likeness (QED) is 0.514. The summed E-state index contributed by atoms with van der Waals surface area (Å²) in [6, 6.07) is 11.1. The fraction of sp³-hybridized carbons (Fsp3) is 0.0667. The van der Waals surface area contributed by atoms with E-state index in [-0.39, 0.29) is 11.3 Å². The standard InChI is InChI=1S/C15H12BrN3O3/c1-10-5-6-11(7-14(10)16)9-17-18-15(20)12-3-2-4-13(8-12)19(21)22/h2-9H,1H3,(H,18,20)/b17-9+. The largest absolute Gasteiger partial charge is 0.271 e. The summed E-state index contributed by atoms with van der Waals surface area (Å²) in [5.41, 5.74) is 4.29. The van der Waals surface area contributed by atoms with Gasteiger partial charge in [0.25, 0.3) is 11.6 Å². The van der Waals surface area contributed by atoms with E-state index in [4.69, 9.17) is 0 Å². The van der Waals surface area contributed by atoms with Crippen LogP contribution in [0.5, 0.6) is 0 Å². The summed E-state index contributed by atoms with van der Waals surface area (Å²) in [7, 11) is 0. The van der Waals surface area contributed by atoms with E-state index in [0.29, 0.717) is 0 Å². The number of non-ortho nitro benzene ring substituents is 1. The number of hydrogen-bond donors (Lipinski definition) is 1. The van der Waals surface area contributed by atoms with Gasteiger partial charge in [-0.3, -0.25) is 14.9 Å². The molecule has 0 unspecified atom stereocenters. The van der Waals surface area contributed by atoms with Crippen LogP contribution in [0, 0.1) is 17.0 Å². The molecule has 0 saturated heterocycles. The number of carbonyl (C=O) groups is 1. The van der Waals surface area contributed by atoms with E-state index in [9.17, 15) is 14.9 Å². The fourth-order valence-corrected chi connectivity index (χ4v) is 2.08. The zero-order chi connectivity index (χ0) is 16.1. The lowest BCUT2D eigenvalue weighted by Crippen LogP contribution is -2.17. The van der Waals surface area contributed by atoms with E-state index in [1.807, 2.05) is 25.1 Å². The predicted molar refractivity (Wildman–Crippen MR) is 87.0 cm³/mol. The molecule has 0 radical (unpaired) electrons. The minimum Gasteiger partial charge on any atom is -0.267 e. The third kappa shape index (κ3) is 3.98. The molecule has 2 aromatic carbocycles. The molecule has 0 heterocycles. The average Bonchev–Trinajstić information content (AvgIpc) is 2.51. The van der Waals surface area contributed by atoms with Crippen LogP contribution in [0.3, 0.4) is 0 Å². The molecule has 2 rings (SSSR count). The highest BCUT2D eigenvalue weighted by molar-refractivity contribution is 9.10. The number of nitrogens with zero attached hydrogens (tertiary/aromatic N) is 2.